The predicted octanol–water partition coefficient (Wildman–Crippen LogP) is 2.27. The molecule has 2 aromatic rings. The maximum absolute atomic E-state index is 5.72. The Morgan fingerprint density at radius 1 is 1.24 bits per heavy atom. The van der Waals surface area contributed by atoms with Crippen molar-refractivity contribution < 1.29 is 0 Å². The van der Waals surface area contributed by atoms with Crippen molar-refractivity contribution in [1.29, 1.82) is 0 Å². The van der Waals surface area contributed by atoms with Crippen molar-refractivity contribution in [2.24, 2.45) is 5.10 Å². The van der Waals surface area contributed by atoms with Gasteiger partial charge in [0, 0.05) is 5.56 Å². The molecule has 0 radical (unpaired) electrons. The second-order valence-corrected chi connectivity index (χ2v) is 4.14. The molecular formula is C13H16N4. The smallest absolute Gasteiger partial charge is 0.221 e. The molecule has 1 aromatic carbocycles. The Balaban J connectivity index is 2.35. The molecule has 0 bridgehead atoms. The van der Waals surface area contributed by atoms with E-state index in [1.165, 1.54) is 11.1 Å². The van der Waals surface area contributed by atoms with Gasteiger partial charge < -0.3 is 5.73 Å². The van der Waals surface area contributed by atoms with E-state index < -0.39 is 0 Å². The molecule has 0 saturated carbocycles. The van der Waals surface area contributed by atoms with Gasteiger partial charge in [0.1, 0.15) is 0 Å². The maximum atomic E-state index is 5.72. The fraction of sp³-hybridized carbons (Fsp3) is 0.231. The van der Waals surface area contributed by atoms with Crippen LogP contribution in [-0.2, 0) is 0 Å². The summed E-state index contributed by atoms with van der Waals surface area (Å²) in [6, 6.07) is 6.17. The summed E-state index contributed by atoms with van der Waals surface area (Å²) in [4.78, 5) is 4.10. The summed E-state index contributed by atoms with van der Waals surface area (Å²) in [7, 11) is 0. The third kappa shape index (κ3) is 2.36. The molecule has 2 N–H and O–H groups in total. The molecule has 88 valence electrons. The van der Waals surface area contributed by atoms with E-state index >= 15 is 0 Å². The van der Waals surface area contributed by atoms with Gasteiger partial charge >= 0.3 is 0 Å². The van der Waals surface area contributed by atoms with Crippen LogP contribution in [0.4, 0.5) is 5.95 Å². The molecule has 0 spiro atoms. The average molecular weight is 228 g/mol. The number of hydrogen-bond donors (Lipinski definition) is 1. The third-order valence-corrected chi connectivity index (χ3v) is 2.69. The second kappa shape index (κ2) is 4.41. The topological polar surface area (TPSA) is 56.2 Å². The van der Waals surface area contributed by atoms with Crippen molar-refractivity contribution in [1.82, 2.24) is 9.66 Å². The Hall–Kier alpha value is -2.10. The summed E-state index contributed by atoms with van der Waals surface area (Å²) in [6.45, 7) is 6.02. The first-order valence-electron chi connectivity index (χ1n) is 5.50. The van der Waals surface area contributed by atoms with Crippen LogP contribution in [0.15, 0.2) is 29.5 Å². The Morgan fingerprint density at radius 2 is 1.88 bits per heavy atom. The van der Waals surface area contributed by atoms with E-state index in [1.54, 1.807) is 10.9 Å². The molecule has 0 atom stereocenters. The van der Waals surface area contributed by atoms with Crippen LogP contribution in [0.5, 0.6) is 0 Å². The predicted molar refractivity (Wildman–Crippen MR) is 70.3 cm³/mol. The largest absolute Gasteiger partial charge is 0.368 e. The minimum Gasteiger partial charge on any atom is -0.368 e. The van der Waals surface area contributed by atoms with E-state index in [0.29, 0.717) is 5.95 Å². The second-order valence-electron chi connectivity index (χ2n) is 4.14. The first kappa shape index (κ1) is 11.4. The molecule has 0 aliphatic carbocycles. The number of aryl methyl sites for hydroxylation is 3. The van der Waals surface area contributed by atoms with Crippen LogP contribution in [0.2, 0.25) is 0 Å². The van der Waals surface area contributed by atoms with Crippen molar-refractivity contribution in [3.8, 4) is 0 Å². The number of nitrogen functional groups attached to an aromatic ring is 1. The molecule has 4 nitrogen and oxygen atoms in total. The van der Waals surface area contributed by atoms with Gasteiger partial charge in [-0.15, -0.1) is 0 Å². The van der Waals surface area contributed by atoms with Gasteiger partial charge in [-0.1, -0.05) is 18.2 Å². The van der Waals surface area contributed by atoms with Crippen molar-refractivity contribution in [3.63, 3.8) is 0 Å². The molecule has 0 aliphatic rings. The number of nitrogens with zero attached hydrogens (tertiary/aromatic N) is 3. The zero-order chi connectivity index (χ0) is 12.4. The number of imidazole rings is 1. The van der Waals surface area contributed by atoms with Crippen LogP contribution in [0, 0.1) is 20.8 Å². The Morgan fingerprint density at radius 3 is 2.41 bits per heavy atom. The lowest BCUT2D eigenvalue weighted by Gasteiger charge is -2.03. The van der Waals surface area contributed by atoms with E-state index in [9.17, 15) is 0 Å². The van der Waals surface area contributed by atoms with E-state index in [2.05, 4.69) is 36.1 Å². The lowest BCUT2D eigenvalue weighted by Crippen LogP contribution is -1.98. The monoisotopic (exact) mass is 228 g/mol. The standard InChI is InChI=1S/C13H16N4/c1-9-5-4-6-10(2)12(9)7-15-17-8-11(3)16-13(17)14/h4-8H,1-3H3,(H2,14,16). The SMILES string of the molecule is Cc1cn(N=Cc2c(C)cccc2C)c(N)n1. The van der Waals surface area contributed by atoms with Crippen LogP contribution in [-0.4, -0.2) is 15.9 Å². The fourth-order valence-corrected chi connectivity index (χ4v) is 1.75. The molecule has 0 unspecified atom stereocenters. The zero-order valence-electron chi connectivity index (χ0n) is 10.3. The molecular weight excluding hydrogens is 212 g/mol. The van der Waals surface area contributed by atoms with E-state index in [1.807, 2.05) is 19.2 Å². The van der Waals surface area contributed by atoms with E-state index in [0.717, 1.165) is 11.3 Å². The first-order chi connectivity index (χ1) is 8.08. The summed E-state index contributed by atoms with van der Waals surface area (Å²) in [5.41, 5.74) is 10.1. The van der Waals surface area contributed by atoms with Crippen molar-refractivity contribution in [3.05, 3.63) is 46.8 Å². The zero-order valence-corrected chi connectivity index (χ0v) is 10.3. The molecule has 0 aliphatic heterocycles. The highest BCUT2D eigenvalue weighted by atomic mass is 15.4. The van der Waals surface area contributed by atoms with Gasteiger partial charge in [0.25, 0.3) is 0 Å². The van der Waals surface area contributed by atoms with Gasteiger partial charge in [0.2, 0.25) is 5.95 Å². The summed E-state index contributed by atoms with van der Waals surface area (Å²) in [5.74, 6) is 0.407. The average Bonchev–Trinajstić information content (AvgIpc) is 2.57. The Labute approximate surface area is 101 Å². The lowest BCUT2D eigenvalue weighted by molar-refractivity contribution is 0.896. The molecule has 1 heterocycles. The van der Waals surface area contributed by atoms with Crippen LogP contribution < -0.4 is 5.73 Å². The van der Waals surface area contributed by atoms with E-state index in [4.69, 9.17) is 5.73 Å². The van der Waals surface area contributed by atoms with Gasteiger partial charge in [-0.2, -0.15) is 5.10 Å². The molecule has 0 saturated heterocycles. The molecule has 1 aromatic heterocycles. The van der Waals surface area contributed by atoms with Crippen molar-refractivity contribution in [2.75, 3.05) is 5.73 Å². The van der Waals surface area contributed by atoms with Gasteiger partial charge in [-0.25, -0.2) is 9.66 Å². The van der Waals surface area contributed by atoms with Crippen molar-refractivity contribution >= 4 is 12.2 Å². The number of rotatable bonds is 2. The highest BCUT2D eigenvalue weighted by Crippen LogP contribution is 2.11. The third-order valence-electron chi connectivity index (χ3n) is 2.69. The molecule has 17 heavy (non-hydrogen) atoms. The van der Waals surface area contributed by atoms with Crippen molar-refractivity contribution in [2.45, 2.75) is 20.8 Å². The summed E-state index contributed by atoms with van der Waals surface area (Å²) < 4.78 is 1.58. The van der Waals surface area contributed by atoms with Crippen LogP contribution in [0.25, 0.3) is 0 Å². The highest BCUT2D eigenvalue weighted by molar-refractivity contribution is 5.83. The van der Waals surface area contributed by atoms with Gasteiger partial charge in [-0.05, 0) is 31.9 Å². The maximum Gasteiger partial charge on any atom is 0.221 e. The number of aromatic nitrogens is 2. The minimum absolute atomic E-state index is 0.407. The van der Waals surface area contributed by atoms with Crippen LogP contribution in [0.1, 0.15) is 22.4 Å². The van der Waals surface area contributed by atoms with E-state index in [-0.39, 0.29) is 0 Å². The molecule has 4 heteroatoms. The minimum atomic E-state index is 0.407. The van der Waals surface area contributed by atoms with Gasteiger partial charge in [-0.3, -0.25) is 0 Å². The molecule has 0 fully saturated rings. The summed E-state index contributed by atoms with van der Waals surface area (Å²) in [5, 5.41) is 4.32. The fourth-order valence-electron chi connectivity index (χ4n) is 1.75. The van der Waals surface area contributed by atoms with Gasteiger partial charge in [0.15, 0.2) is 0 Å². The lowest BCUT2D eigenvalue weighted by atomic mass is 10.0. The van der Waals surface area contributed by atoms with Crippen LogP contribution >= 0.6 is 0 Å². The number of hydrogen-bond acceptors (Lipinski definition) is 3. The number of nitrogens with two attached hydrogens (primary N) is 1. The number of anilines is 1. The Kier molecular flexibility index (Phi) is 2.95. The Bertz CT molecular complexity index is 547. The molecule has 0 amide bonds. The molecule has 2 rings (SSSR count). The quantitative estimate of drug-likeness (QED) is 0.802. The summed E-state index contributed by atoms with van der Waals surface area (Å²) >= 11 is 0. The highest BCUT2D eigenvalue weighted by Gasteiger charge is 2.01. The van der Waals surface area contributed by atoms with Crippen LogP contribution in [0.3, 0.4) is 0 Å². The normalized spacial score (nSPS) is 11.2. The summed E-state index contributed by atoms with van der Waals surface area (Å²) in [6.07, 6.45) is 3.63. The van der Waals surface area contributed by atoms with Gasteiger partial charge in [0.05, 0.1) is 18.1 Å². The number of benzene rings is 1. The first-order valence-corrected chi connectivity index (χ1v) is 5.50.